The molecule has 0 radical (unpaired) electrons. The van der Waals surface area contributed by atoms with Gasteiger partial charge in [-0.25, -0.2) is 23.1 Å². The van der Waals surface area contributed by atoms with Gasteiger partial charge in [0.05, 0.1) is 12.4 Å². The lowest BCUT2D eigenvalue weighted by Crippen LogP contribution is -2.36. The average molecular weight is 258 g/mol. The first-order chi connectivity index (χ1) is 7.86. The molecule has 1 aromatic heterocycles. The van der Waals surface area contributed by atoms with Crippen LogP contribution in [0.15, 0.2) is 17.3 Å². The first-order valence-electron chi connectivity index (χ1n) is 5.46. The largest absolute Gasteiger partial charge is 0.368 e. The number of sulfonamides is 1. The van der Waals surface area contributed by atoms with Crippen molar-refractivity contribution in [2.45, 2.75) is 38.1 Å². The van der Waals surface area contributed by atoms with E-state index in [2.05, 4.69) is 14.7 Å². The summed E-state index contributed by atoms with van der Waals surface area (Å²) in [5.41, 5.74) is 5.30. The van der Waals surface area contributed by atoms with Gasteiger partial charge in [0.2, 0.25) is 16.0 Å². The highest BCUT2D eigenvalue weighted by Gasteiger charge is 2.20. The zero-order valence-corrected chi connectivity index (χ0v) is 11.0. The van der Waals surface area contributed by atoms with Gasteiger partial charge < -0.3 is 5.73 Å². The molecular formula is C10H18N4O2S. The monoisotopic (exact) mass is 258 g/mol. The molecule has 0 aliphatic heterocycles. The van der Waals surface area contributed by atoms with Gasteiger partial charge in [-0.3, -0.25) is 0 Å². The molecule has 0 aliphatic carbocycles. The molecule has 0 bridgehead atoms. The van der Waals surface area contributed by atoms with Crippen molar-refractivity contribution >= 4 is 16.0 Å². The molecule has 96 valence electrons. The Labute approximate surface area is 102 Å². The molecule has 1 aromatic rings. The minimum absolute atomic E-state index is 0.0295. The Bertz CT molecular complexity index is 458. The number of nitrogens with two attached hydrogens (primary N) is 1. The number of hydrogen-bond acceptors (Lipinski definition) is 5. The highest BCUT2D eigenvalue weighted by atomic mass is 32.2. The van der Waals surface area contributed by atoms with Gasteiger partial charge in [0.25, 0.3) is 0 Å². The van der Waals surface area contributed by atoms with Crippen molar-refractivity contribution in [1.29, 1.82) is 0 Å². The minimum Gasteiger partial charge on any atom is -0.368 e. The van der Waals surface area contributed by atoms with Crippen molar-refractivity contribution in [3.8, 4) is 0 Å². The molecule has 3 N–H and O–H groups in total. The minimum atomic E-state index is -3.56. The van der Waals surface area contributed by atoms with Crippen LogP contribution >= 0.6 is 0 Å². The second kappa shape index (κ2) is 5.42. The second-order valence-corrected chi connectivity index (χ2v) is 5.79. The first-order valence-corrected chi connectivity index (χ1v) is 6.95. The van der Waals surface area contributed by atoms with E-state index in [1.807, 2.05) is 20.8 Å². The van der Waals surface area contributed by atoms with E-state index in [4.69, 9.17) is 5.73 Å². The molecule has 7 heteroatoms. The van der Waals surface area contributed by atoms with E-state index in [-0.39, 0.29) is 22.8 Å². The van der Waals surface area contributed by atoms with E-state index in [1.165, 1.54) is 12.4 Å². The van der Waals surface area contributed by atoms with Crippen LogP contribution in [-0.4, -0.2) is 24.4 Å². The van der Waals surface area contributed by atoms with E-state index in [9.17, 15) is 8.42 Å². The molecule has 1 rings (SSSR count). The number of nitrogens with zero attached hydrogens (tertiary/aromatic N) is 2. The number of rotatable bonds is 5. The van der Waals surface area contributed by atoms with Crippen molar-refractivity contribution in [3.05, 3.63) is 12.4 Å². The molecular weight excluding hydrogens is 240 g/mol. The van der Waals surface area contributed by atoms with Crippen LogP contribution in [0, 0.1) is 5.92 Å². The molecule has 0 amide bonds. The molecule has 0 spiro atoms. The molecule has 6 nitrogen and oxygen atoms in total. The highest BCUT2D eigenvalue weighted by Crippen LogP contribution is 2.12. The summed E-state index contributed by atoms with van der Waals surface area (Å²) in [5.74, 6) is 0.318. The summed E-state index contributed by atoms with van der Waals surface area (Å²) in [4.78, 5) is 7.36. The maximum Gasteiger partial charge on any atom is 0.243 e. The maximum absolute atomic E-state index is 11.9. The average Bonchev–Trinajstić information content (AvgIpc) is 2.27. The topological polar surface area (TPSA) is 98.0 Å². The third kappa shape index (κ3) is 3.64. The van der Waals surface area contributed by atoms with E-state index in [0.29, 0.717) is 0 Å². The molecule has 1 heterocycles. The van der Waals surface area contributed by atoms with Gasteiger partial charge in [-0.05, 0) is 12.8 Å². The molecule has 0 aromatic carbocycles. The Morgan fingerprint density at radius 2 is 1.88 bits per heavy atom. The van der Waals surface area contributed by atoms with Crippen LogP contribution < -0.4 is 10.5 Å². The third-order valence-corrected chi connectivity index (χ3v) is 4.31. The van der Waals surface area contributed by atoms with Gasteiger partial charge in [-0.2, -0.15) is 0 Å². The maximum atomic E-state index is 11.9. The first kappa shape index (κ1) is 13.9. The number of nitrogens with one attached hydrogen (secondary N) is 1. The van der Waals surface area contributed by atoms with Gasteiger partial charge in [0.15, 0.2) is 0 Å². The molecule has 0 fully saturated rings. The van der Waals surface area contributed by atoms with Crippen LogP contribution in [0.2, 0.25) is 0 Å². The van der Waals surface area contributed by atoms with Gasteiger partial charge in [0.1, 0.15) is 4.90 Å². The fourth-order valence-electron chi connectivity index (χ4n) is 1.25. The van der Waals surface area contributed by atoms with E-state index >= 15 is 0 Å². The Hall–Kier alpha value is -1.21. The fourth-order valence-corrected chi connectivity index (χ4v) is 2.49. The fraction of sp³-hybridized carbons (Fsp3) is 0.600. The van der Waals surface area contributed by atoms with Crippen LogP contribution in [0.5, 0.6) is 0 Å². The molecule has 0 aliphatic rings. The number of hydrogen-bond donors (Lipinski definition) is 2. The van der Waals surface area contributed by atoms with Gasteiger partial charge in [0, 0.05) is 6.04 Å². The van der Waals surface area contributed by atoms with Crippen LogP contribution in [0.25, 0.3) is 0 Å². The number of nitrogen functional groups attached to an aromatic ring is 1. The zero-order chi connectivity index (χ0) is 13.1. The summed E-state index contributed by atoms with van der Waals surface area (Å²) in [6.45, 7) is 5.85. The standard InChI is InChI=1S/C10H18N4O2S/c1-4-7(2)8(3)14-17(15,16)9-5-12-10(11)13-6-9/h5-8,14H,4H2,1-3H3,(H2,11,12,13). The normalized spacial score (nSPS) is 15.5. The summed E-state index contributed by atoms with van der Waals surface area (Å²) < 4.78 is 26.5. The number of anilines is 1. The van der Waals surface area contributed by atoms with E-state index in [1.54, 1.807) is 0 Å². The lowest BCUT2D eigenvalue weighted by atomic mass is 10.0. The summed E-state index contributed by atoms with van der Waals surface area (Å²) in [5, 5.41) is 0. The quantitative estimate of drug-likeness (QED) is 0.813. The van der Waals surface area contributed by atoms with Crippen molar-refractivity contribution in [3.63, 3.8) is 0 Å². The predicted molar refractivity (Wildman–Crippen MR) is 65.7 cm³/mol. The summed E-state index contributed by atoms with van der Waals surface area (Å²) in [7, 11) is -3.56. The molecule has 0 saturated carbocycles. The Kier molecular flexibility index (Phi) is 4.41. The van der Waals surface area contributed by atoms with Crippen LogP contribution in [0.4, 0.5) is 5.95 Å². The van der Waals surface area contributed by atoms with Crippen molar-refractivity contribution in [2.24, 2.45) is 5.92 Å². The SMILES string of the molecule is CCC(C)C(C)NS(=O)(=O)c1cnc(N)nc1. The molecule has 2 atom stereocenters. The Morgan fingerprint density at radius 3 is 2.35 bits per heavy atom. The van der Waals surface area contributed by atoms with E-state index < -0.39 is 10.0 Å². The third-order valence-electron chi connectivity index (χ3n) is 2.80. The Morgan fingerprint density at radius 1 is 1.35 bits per heavy atom. The predicted octanol–water partition coefficient (Wildman–Crippen LogP) is 0.772. The van der Waals surface area contributed by atoms with Crippen molar-refractivity contribution in [2.75, 3.05) is 5.73 Å². The Balaban J connectivity index is 2.85. The summed E-state index contributed by atoms with van der Waals surface area (Å²) in [6, 6.07) is -0.137. The molecule has 0 saturated heterocycles. The van der Waals surface area contributed by atoms with Crippen LogP contribution in [0.3, 0.4) is 0 Å². The van der Waals surface area contributed by atoms with E-state index in [0.717, 1.165) is 6.42 Å². The van der Waals surface area contributed by atoms with Gasteiger partial charge >= 0.3 is 0 Å². The lowest BCUT2D eigenvalue weighted by Gasteiger charge is -2.19. The van der Waals surface area contributed by atoms with Gasteiger partial charge in [-0.15, -0.1) is 0 Å². The van der Waals surface area contributed by atoms with Crippen LogP contribution in [-0.2, 0) is 10.0 Å². The highest BCUT2D eigenvalue weighted by molar-refractivity contribution is 7.89. The number of aromatic nitrogens is 2. The molecule has 2 unspecified atom stereocenters. The zero-order valence-electron chi connectivity index (χ0n) is 10.2. The summed E-state index contributed by atoms with van der Waals surface area (Å²) in [6.07, 6.45) is 3.31. The smallest absolute Gasteiger partial charge is 0.243 e. The van der Waals surface area contributed by atoms with Gasteiger partial charge in [-0.1, -0.05) is 20.3 Å². The molecule has 17 heavy (non-hydrogen) atoms. The lowest BCUT2D eigenvalue weighted by molar-refractivity contribution is 0.434. The van der Waals surface area contributed by atoms with Crippen LogP contribution in [0.1, 0.15) is 27.2 Å². The van der Waals surface area contributed by atoms with Crippen molar-refractivity contribution in [1.82, 2.24) is 14.7 Å². The van der Waals surface area contributed by atoms with Crippen molar-refractivity contribution < 1.29 is 8.42 Å². The second-order valence-electron chi connectivity index (χ2n) is 4.07. The summed E-state index contributed by atoms with van der Waals surface area (Å²) >= 11 is 0.